The van der Waals surface area contributed by atoms with Crippen LogP contribution in [0, 0.1) is 12.3 Å². The molecule has 2 N–H and O–H groups in total. The van der Waals surface area contributed by atoms with Gasteiger partial charge in [0.25, 0.3) is 5.91 Å². The molecule has 0 aromatic carbocycles. The number of rotatable bonds is 4. The molecule has 2 heterocycles. The lowest BCUT2D eigenvalue weighted by Crippen LogP contribution is -2.40. The Morgan fingerprint density at radius 2 is 2.32 bits per heavy atom. The minimum Gasteiger partial charge on any atom is -0.480 e. The van der Waals surface area contributed by atoms with E-state index in [-0.39, 0.29) is 12.0 Å². The number of carbonyl (C=O) groups is 2. The third-order valence-corrected chi connectivity index (χ3v) is 2.49. The van der Waals surface area contributed by atoms with Gasteiger partial charge in [0.15, 0.2) is 0 Å². The highest BCUT2D eigenvalue weighted by molar-refractivity contribution is 6.02. The van der Waals surface area contributed by atoms with Crippen LogP contribution in [0.2, 0.25) is 0 Å². The molecule has 0 bridgehead atoms. The molecule has 2 rings (SSSR count). The maximum Gasteiger partial charge on any atom is 0.327 e. The number of aliphatic carboxylic acids is 1. The fraction of sp³-hybridized carbons (Fsp3) is 0.167. The average Bonchev–Trinajstić information content (AvgIpc) is 2.81. The van der Waals surface area contributed by atoms with Gasteiger partial charge in [0.05, 0.1) is 23.5 Å². The highest BCUT2D eigenvalue weighted by Crippen LogP contribution is 2.09. The maximum atomic E-state index is 12.0. The Morgan fingerprint density at radius 1 is 1.53 bits per heavy atom. The number of amides is 1. The molecule has 7 nitrogen and oxygen atoms in total. The lowest BCUT2D eigenvalue weighted by Gasteiger charge is -2.10. The Labute approximate surface area is 108 Å². The lowest BCUT2D eigenvalue weighted by molar-refractivity contribution is -0.139. The van der Waals surface area contributed by atoms with Gasteiger partial charge < -0.3 is 10.4 Å². The van der Waals surface area contributed by atoms with E-state index in [9.17, 15) is 9.59 Å². The molecule has 0 aliphatic carbocycles. The van der Waals surface area contributed by atoms with Gasteiger partial charge in [-0.2, -0.15) is 5.10 Å². The van der Waals surface area contributed by atoms with Crippen LogP contribution in [0.3, 0.4) is 0 Å². The maximum absolute atomic E-state index is 12.0. The zero-order chi connectivity index (χ0) is 13.8. The van der Waals surface area contributed by atoms with E-state index in [1.165, 1.54) is 23.1 Å². The van der Waals surface area contributed by atoms with Crippen LogP contribution in [0.1, 0.15) is 16.8 Å². The molecular formula is C12H10N4O3. The molecular weight excluding hydrogens is 248 g/mol. The largest absolute Gasteiger partial charge is 0.480 e. The van der Waals surface area contributed by atoms with Crippen molar-refractivity contribution in [3.05, 3.63) is 30.4 Å². The first-order valence-electron chi connectivity index (χ1n) is 5.38. The number of aromatic nitrogens is 3. The van der Waals surface area contributed by atoms with Crippen molar-refractivity contribution in [2.75, 3.05) is 0 Å². The van der Waals surface area contributed by atoms with Gasteiger partial charge in [-0.1, -0.05) is 0 Å². The number of carboxylic acids is 1. The molecule has 19 heavy (non-hydrogen) atoms. The van der Waals surface area contributed by atoms with Crippen LogP contribution in [0.25, 0.3) is 5.52 Å². The monoisotopic (exact) mass is 258 g/mol. The molecule has 1 unspecified atom stereocenters. The predicted octanol–water partition coefficient (Wildman–Crippen LogP) is -0.0644. The molecule has 1 atom stereocenters. The molecule has 7 heteroatoms. The van der Waals surface area contributed by atoms with Crippen LogP contribution in [0.5, 0.6) is 0 Å². The number of carbonyl (C=O) groups excluding carboxylic acids is 1. The molecule has 0 spiro atoms. The zero-order valence-electron chi connectivity index (χ0n) is 9.78. The summed E-state index contributed by atoms with van der Waals surface area (Å²) in [5.41, 5.74) is 0.737. The van der Waals surface area contributed by atoms with E-state index in [1.807, 2.05) is 0 Å². The van der Waals surface area contributed by atoms with Gasteiger partial charge in [-0.15, -0.1) is 12.3 Å². The van der Waals surface area contributed by atoms with E-state index < -0.39 is 17.9 Å². The third kappa shape index (κ3) is 2.52. The Morgan fingerprint density at radius 3 is 3.00 bits per heavy atom. The topological polar surface area (TPSA) is 96.6 Å². The fourth-order valence-electron chi connectivity index (χ4n) is 1.56. The standard InChI is InChI=1S/C12H10N4O3/c1-2-3-9(12(18)19)15-11(17)8-6-14-16-5-4-13-7-10(8)16/h1,4-7,9H,3H2,(H,15,17)(H,18,19). The van der Waals surface area contributed by atoms with Gasteiger partial charge >= 0.3 is 5.97 Å². The van der Waals surface area contributed by atoms with Gasteiger partial charge in [-0.25, -0.2) is 9.31 Å². The van der Waals surface area contributed by atoms with Crippen LogP contribution in [0.15, 0.2) is 24.8 Å². The Hall–Kier alpha value is -2.88. The summed E-state index contributed by atoms with van der Waals surface area (Å²) in [6.45, 7) is 0. The highest BCUT2D eigenvalue weighted by atomic mass is 16.4. The van der Waals surface area contributed by atoms with Crippen LogP contribution < -0.4 is 5.32 Å². The van der Waals surface area contributed by atoms with Crippen LogP contribution in [0.4, 0.5) is 0 Å². The number of fused-ring (bicyclic) bond motifs is 1. The molecule has 1 amide bonds. The van der Waals surface area contributed by atoms with E-state index in [4.69, 9.17) is 11.5 Å². The van der Waals surface area contributed by atoms with Gasteiger partial charge in [0.1, 0.15) is 6.04 Å². The highest BCUT2D eigenvalue weighted by Gasteiger charge is 2.21. The second-order valence-corrected chi connectivity index (χ2v) is 3.74. The van der Waals surface area contributed by atoms with Crippen LogP contribution in [-0.2, 0) is 4.79 Å². The number of carboxylic acid groups (broad SMARTS) is 1. The number of nitrogens with zero attached hydrogens (tertiary/aromatic N) is 3. The SMILES string of the molecule is C#CCC(NC(=O)c1cnn2ccncc12)C(=O)O. The third-order valence-electron chi connectivity index (χ3n) is 2.49. The average molecular weight is 258 g/mol. The van der Waals surface area contributed by atoms with Crippen LogP contribution >= 0.6 is 0 Å². The molecule has 0 radical (unpaired) electrons. The van der Waals surface area contributed by atoms with E-state index in [1.54, 1.807) is 6.20 Å². The summed E-state index contributed by atoms with van der Waals surface area (Å²) in [5, 5.41) is 15.2. The smallest absolute Gasteiger partial charge is 0.327 e. The lowest BCUT2D eigenvalue weighted by atomic mass is 10.2. The van der Waals surface area contributed by atoms with Crippen molar-refractivity contribution in [2.24, 2.45) is 0 Å². The summed E-state index contributed by atoms with van der Waals surface area (Å²) in [7, 11) is 0. The number of hydrogen-bond donors (Lipinski definition) is 2. The zero-order valence-corrected chi connectivity index (χ0v) is 9.78. The first kappa shape index (κ1) is 12.6. The molecule has 0 fully saturated rings. The van der Waals surface area contributed by atoms with E-state index in [2.05, 4.69) is 21.3 Å². The van der Waals surface area contributed by atoms with Gasteiger partial charge in [-0.3, -0.25) is 9.78 Å². The summed E-state index contributed by atoms with van der Waals surface area (Å²) < 4.78 is 1.47. The number of terminal acetylenes is 1. The van der Waals surface area contributed by atoms with E-state index in [0.29, 0.717) is 5.52 Å². The van der Waals surface area contributed by atoms with Gasteiger partial charge in [0.2, 0.25) is 0 Å². The van der Waals surface area contributed by atoms with Crippen molar-refractivity contribution in [3.8, 4) is 12.3 Å². The van der Waals surface area contributed by atoms with Crippen molar-refractivity contribution in [2.45, 2.75) is 12.5 Å². The molecule has 0 aliphatic rings. The normalized spacial score (nSPS) is 11.7. The van der Waals surface area contributed by atoms with Gasteiger partial charge in [0, 0.05) is 18.8 Å². The molecule has 96 valence electrons. The van der Waals surface area contributed by atoms with Crippen LogP contribution in [-0.4, -0.2) is 37.6 Å². The quantitative estimate of drug-likeness (QED) is 0.749. The fourth-order valence-corrected chi connectivity index (χ4v) is 1.56. The first-order valence-corrected chi connectivity index (χ1v) is 5.38. The van der Waals surface area contributed by atoms with Gasteiger partial charge in [-0.05, 0) is 0 Å². The summed E-state index contributed by atoms with van der Waals surface area (Å²) in [6, 6.07) is -1.12. The van der Waals surface area contributed by atoms with E-state index >= 15 is 0 Å². The predicted molar refractivity (Wildman–Crippen MR) is 65.3 cm³/mol. The minimum absolute atomic E-state index is 0.0848. The molecule has 2 aromatic rings. The van der Waals surface area contributed by atoms with Crippen molar-refractivity contribution < 1.29 is 14.7 Å². The van der Waals surface area contributed by atoms with Crippen molar-refractivity contribution in [1.29, 1.82) is 0 Å². The summed E-state index contributed by atoms with van der Waals surface area (Å²) in [4.78, 5) is 26.8. The number of hydrogen-bond acceptors (Lipinski definition) is 4. The summed E-state index contributed by atoms with van der Waals surface area (Å²) in [6.07, 6.45) is 10.9. The molecule has 0 saturated heterocycles. The summed E-state index contributed by atoms with van der Waals surface area (Å²) >= 11 is 0. The molecule has 0 aliphatic heterocycles. The second-order valence-electron chi connectivity index (χ2n) is 3.74. The summed E-state index contributed by atoms with van der Waals surface area (Å²) in [5.74, 6) is 0.478. The molecule has 2 aromatic heterocycles. The minimum atomic E-state index is -1.18. The first-order chi connectivity index (χ1) is 9.13. The van der Waals surface area contributed by atoms with Crippen molar-refractivity contribution in [1.82, 2.24) is 19.9 Å². The Kier molecular flexibility index (Phi) is 3.43. The van der Waals surface area contributed by atoms with E-state index in [0.717, 1.165) is 0 Å². The van der Waals surface area contributed by atoms with Crippen molar-refractivity contribution in [3.63, 3.8) is 0 Å². The second kappa shape index (κ2) is 5.18. The Balaban J connectivity index is 2.25. The number of nitrogens with one attached hydrogen (secondary N) is 1. The Bertz CT molecular complexity index is 671. The van der Waals surface area contributed by atoms with Crippen molar-refractivity contribution >= 4 is 17.4 Å². The molecule has 0 saturated carbocycles.